The van der Waals surface area contributed by atoms with Crippen LogP contribution in [0.25, 0.3) is 0 Å². The molecule has 0 aromatic carbocycles. The average Bonchev–Trinajstić information content (AvgIpc) is 2.94. The van der Waals surface area contributed by atoms with Gasteiger partial charge in [0.1, 0.15) is 0 Å². The predicted octanol–water partition coefficient (Wildman–Crippen LogP) is 1.76. The minimum atomic E-state index is -0.146. The number of hydrogen-bond acceptors (Lipinski definition) is 1. The molecule has 0 amide bonds. The fourth-order valence-electron chi connectivity index (χ4n) is 9.64. The van der Waals surface area contributed by atoms with Crippen LogP contribution < -0.4 is 0 Å². The zero-order valence-electron chi connectivity index (χ0n) is 9.42. The summed E-state index contributed by atoms with van der Waals surface area (Å²) in [6.07, 6.45) is 4.22. The van der Waals surface area contributed by atoms with Crippen LogP contribution in [0.5, 0.6) is 0 Å². The third kappa shape index (κ3) is 0.396. The molecule has 16 heavy (non-hydrogen) atoms. The molecule has 8 rings (SSSR count). The molecule has 1 nitrogen and oxygen atoms in total. The highest BCUT2D eigenvalue weighted by atomic mass is 16.3. The van der Waals surface area contributed by atoms with E-state index in [-0.39, 0.29) is 5.60 Å². The Morgan fingerprint density at radius 1 is 0.750 bits per heavy atom. The van der Waals surface area contributed by atoms with Gasteiger partial charge in [0.25, 0.3) is 0 Å². The van der Waals surface area contributed by atoms with Crippen LogP contribution in [0.3, 0.4) is 0 Å². The summed E-state index contributed by atoms with van der Waals surface area (Å²) in [7, 11) is 0. The molecule has 8 saturated carbocycles. The lowest BCUT2D eigenvalue weighted by Crippen LogP contribution is -2.55. The van der Waals surface area contributed by atoms with Crippen LogP contribution in [0.4, 0.5) is 0 Å². The summed E-state index contributed by atoms with van der Waals surface area (Å²) < 4.78 is 0. The Labute approximate surface area is 95.6 Å². The lowest BCUT2D eigenvalue weighted by Gasteiger charge is -2.53. The largest absolute Gasteiger partial charge is 0.389 e. The van der Waals surface area contributed by atoms with Gasteiger partial charge in [0.05, 0.1) is 5.60 Å². The van der Waals surface area contributed by atoms with Crippen molar-refractivity contribution >= 4 is 0 Å². The topological polar surface area (TPSA) is 20.2 Å². The van der Waals surface area contributed by atoms with Crippen molar-refractivity contribution in [1.29, 1.82) is 0 Å². The quantitative estimate of drug-likeness (QED) is 0.651. The summed E-state index contributed by atoms with van der Waals surface area (Å²) in [4.78, 5) is 0. The SMILES string of the molecule is OC12CC3C4CC1C1C4C4C5CC(C34)C2C51. The van der Waals surface area contributed by atoms with Crippen molar-refractivity contribution in [1.82, 2.24) is 0 Å². The minimum absolute atomic E-state index is 0.146. The van der Waals surface area contributed by atoms with Gasteiger partial charge in [-0.1, -0.05) is 0 Å². The van der Waals surface area contributed by atoms with Gasteiger partial charge in [0, 0.05) is 0 Å². The summed E-state index contributed by atoms with van der Waals surface area (Å²) >= 11 is 0. The Morgan fingerprint density at radius 2 is 1.62 bits per heavy atom. The van der Waals surface area contributed by atoms with E-state index >= 15 is 0 Å². The number of rotatable bonds is 0. The second-order valence-corrected chi connectivity index (χ2v) is 8.34. The minimum Gasteiger partial charge on any atom is -0.389 e. The molecular formula is C15H18O. The van der Waals surface area contributed by atoms with Crippen molar-refractivity contribution in [3.63, 3.8) is 0 Å². The molecule has 0 radical (unpaired) electrons. The van der Waals surface area contributed by atoms with Gasteiger partial charge >= 0.3 is 0 Å². The fraction of sp³-hybridized carbons (Fsp3) is 1.00. The van der Waals surface area contributed by atoms with Gasteiger partial charge in [-0.2, -0.15) is 0 Å². The van der Waals surface area contributed by atoms with E-state index in [0.29, 0.717) is 0 Å². The summed E-state index contributed by atoms with van der Waals surface area (Å²) in [6.45, 7) is 0. The second kappa shape index (κ2) is 1.66. The van der Waals surface area contributed by atoms with E-state index in [0.717, 1.165) is 59.2 Å². The number of aliphatic hydroxyl groups is 1. The second-order valence-electron chi connectivity index (χ2n) is 8.34. The fourth-order valence-corrected chi connectivity index (χ4v) is 9.64. The Balaban J connectivity index is 1.70. The van der Waals surface area contributed by atoms with Crippen LogP contribution in [0.2, 0.25) is 0 Å². The number of hydrogen-bond donors (Lipinski definition) is 1. The zero-order chi connectivity index (χ0) is 9.97. The summed E-state index contributed by atoms with van der Waals surface area (Å²) in [5.41, 5.74) is -0.146. The van der Waals surface area contributed by atoms with Gasteiger partial charge in [0.15, 0.2) is 0 Å². The van der Waals surface area contributed by atoms with Crippen molar-refractivity contribution in [2.75, 3.05) is 0 Å². The predicted molar refractivity (Wildman–Crippen MR) is 57.2 cm³/mol. The van der Waals surface area contributed by atoms with Gasteiger partial charge in [-0.15, -0.1) is 0 Å². The first-order valence-electron chi connectivity index (χ1n) is 7.53. The maximum Gasteiger partial charge on any atom is 0.0715 e. The van der Waals surface area contributed by atoms with Gasteiger partial charge in [0.2, 0.25) is 0 Å². The summed E-state index contributed by atoms with van der Waals surface area (Å²) in [5.74, 6) is 11.1. The Hall–Kier alpha value is -0.0400. The Morgan fingerprint density at radius 3 is 2.56 bits per heavy atom. The molecule has 8 aliphatic rings. The van der Waals surface area contributed by atoms with E-state index in [1.54, 1.807) is 0 Å². The first-order chi connectivity index (χ1) is 7.81. The molecule has 0 aliphatic heterocycles. The molecule has 1 heteroatoms. The van der Waals surface area contributed by atoms with Gasteiger partial charge in [-0.3, -0.25) is 0 Å². The molecule has 0 saturated heterocycles. The molecule has 12 atom stereocenters. The van der Waals surface area contributed by atoms with Crippen molar-refractivity contribution < 1.29 is 5.11 Å². The van der Waals surface area contributed by atoms with E-state index in [9.17, 15) is 5.11 Å². The van der Waals surface area contributed by atoms with Crippen LogP contribution in [-0.2, 0) is 0 Å². The van der Waals surface area contributed by atoms with Crippen molar-refractivity contribution in [2.24, 2.45) is 65.1 Å². The maximum absolute atomic E-state index is 11.2. The molecule has 0 spiro atoms. The van der Waals surface area contributed by atoms with Crippen LogP contribution >= 0.6 is 0 Å². The van der Waals surface area contributed by atoms with Crippen LogP contribution in [0.15, 0.2) is 0 Å². The van der Waals surface area contributed by atoms with E-state index in [2.05, 4.69) is 0 Å². The summed E-state index contributed by atoms with van der Waals surface area (Å²) in [5, 5.41) is 11.2. The molecule has 12 unspecified atom stereocenters. The van der Waals surface area contributed by atoms with Crippen LogP contribution in [-0.4, -0.2) is 10.7 Å². The Bertz CT molecular complexity index is 452. The Kier molecular flexibility index (Phi) is 0.767. The monoisotopic (exact) mass is 214 g/mol. The molecule has 8 fully saturated rings. The lowest BCUT2D eigenvalue weighted by atomic mass is 9.54. The van der Waals surface area contributed by atoms with E-state index in [4.69, 9.17) is 0 Å². The zero-order valence-corrected chi connectivity index (χ0v) is 9.42. The molecule has 0 aromatic rings. The molecule has 8 aliphatic carbocycles. The molecule has 0 heterocycles. The van der Waals surface area contributed by atoms with E-state index < -0.39 is 0 Å². The van der Waals surface area contributed by atoms with Crippen LogP contribution in [0.1, 0.15) is 19.3 Å². The maximum atomic E-state index is 11.2. The lowest BCUT2D eigenvalue weighted by molar-refractivity contribution is -0.151. The third-order valence-electron chi connectivity index (χ3n) is 8.99. The van der Waals surface area contributed by atoms with Crippen LogP contribution in [0, 0.1) is 65.1 Å². The molecule has 0 aromatic heterocycles. The molecule has 6 bridgehead atoms. The van der Waals surface area contributed by atoms with E-state index in [1.807, 2.05) is 0 Å². The highest BCUT2D eigenvalue weighted by Gasteiger charge is 2.87. The van der Waals surface area contributed by atoms with Crippen molar-refractivity contribution in [3.05, 3.63) is 0 Å². The third-order valence-corrected chi connectivity index (χ3v) is 8.99. The first-order valence-corrected chi connectivity index (χ1v) is 7.53. The summed E-state index contributed by atoms with van der Waals surface area (Å²) in [6, 6.07) is 0. The first kappa shape index (κ1) is 7.41. The van der Waals surface area contributed by atoms with Gasteiger partial charge in [-0.05, 0) is 84.4 Å². The molecule has 1 N–H and O–H groups in total. The standard InChI is InChI=1S/C15H18O/c16-15-3-7-4-2-8(15)13-10(4)11-5-1-6(9(7)11)14(15)12(5)13/h4-14,16H,1-3H2. The van der Waals surface area contributed by atoms with Gasteiger partial charge in [-0.25, -0.2) is 0 Å². The average molecular weight is 214 g/mol. The smallest absolute Gasteiger partial charge is 0.0715 e. The highest BCUT2D eigenvalue weighted by Crippen LogP contribution is 2.89. The highest BCUT2D eigenvalue weighted by molar-refractivity contribution is 5.35. The molecule has 84 valence electrons. The van der Waals surface area contributed by atoms with Crippen molar-refractivity contribution in [2.45, 2.75) is 24.9 Å². The van der Waals surface area contributed by atoms with E-state index in [1.165, 1.54) is 25.2 Å². The normalized spacial score (nSPS) is 90.9. The molecular weight excluding hydrogens is 196 g/mol. The van der Waals surface area contributed by atoms with Gasteiger partial charge < -0.3 is 5.11 Å². The van der Waals surface area contributed by atoms with Crippen molar-refractivity contribution in [3.8, 4) is 0 Å².